The van der Waals surface area contributed by atoms with E-state index < -0.39 is 0 Å². The van der Waals surface area contributed by atoms with Gasteiger partial charge in [-0.3, -0.25) is 14.6 Å². The third-order valence-corrected chi connectivity index (χ3v) is 7.07. The number of rotatable bonds is 6. The molecule has 152 valence electrons. The van der Waals surface area contributed by atoms with Crippen molar-refractivity contribution in [1.29, 1.82) is 0 Å². The van der Waals surface area contributed by atoms with E-state index in [0.717, 1.165) is 67.4 Å². The van der Waals surface area contributed by atoms with Crippen molar-refractivity contribution in [2.75, 3.05) is 39.3 Å². The zero-order chi connectivity index (χ0) is 19.6. The lowest BCUT2D eigenvalue weighted by Crippen LogP contribution is -2.47. The number of para-hydroxylation sites is 1. The SMILES string of the molecule is O=c1[nH]c(CN2CCN(CCOc3ccccc3)CC2)nc2sc3c(c12)CCC3. The zero-order valence-corrected chi connectivity index (χ0v) is 17.3. The van der Waals surface area contributed by atoms with Gasteiger partial charge in [0.2, 0.25) is 0 Å². The Hall–Kier alpha value is -2.22. The number of fused-ring (bicyclic) bond motifs is 3. The highest BCUT2D eigenvalue weighted by Crippen LogP contribution is 2.34. The monoisotopic (exact) mass is 410 g/mol. The number of nitrogens with zero attached hydrogens (tertiary/aromatic N) is 3. The van der Waals surface area contributed by atoms with Crippen molar-refractivity contribution in [2.24, 2.45) is 0 Å². The molecule has 0 bridgehead atoms. The van der Waals surface area contributed by atoms with Crippen molar-refractivity contribution in [3.63, 3.8) is 0 Å². The maximum absolute atomic E-state index is 12.6. The Balaban J connectivity index is 1.14. The van der Waals surface area contributed by atoms with Crippen molar-refractivity contribution in [1.82, 2.24) is 19.8 Å². The predicted octanol–water partition coefficient (Wildman–Crippen LogP) is 2.67. The minimum absolute atomic E-state index is 0.0427. The van der Waals surface area contributed by atoms with Gasteiger partial charge in [-0.05, 0) is 37.0 Å². The first-order valence-corrected chi connectivity index (χ1v) is 11.2. The molecule has 1 N–H and O–H groups in total. The third-order valence-electron chi connectivity index (χ3n) is 5.88. The van der Waals surface area contributed by atoms with Crippen LogP contribution in [0.4, 0.5) is 0 Å². The molecule has 1 saturated heterocycles. The fourth-order valence-corrected chi connectivity index (χ4v) is 5.59. The van der Waals surface area contributed by atoms with Crippen LogP contribution in [0.25, 0.3) is 10.2 Å². The van der Waals surface area contributed by atoms with Crippen LogP contribution >= 0.6 is 11.3 Å². The second kappa shape index (κ2) is 8.26. The van der Waals surface area contributed by atoms with Crippen LogP contribution < -0.4 is 10.3 Å². The summed E-state index contributed by atoms with van der Waals surface area (Å²) in [5.74, 6) is 1.72. The van der Waals surface area contributed by atoms with Crippen LogP contribution in [0.1, 0.15) is 22.7 Å². The number of piperazine rings is 1. The minimum atomic E-state index is 0.0427. The smallest absolute Gasteiger partial charge is 0.259 e. The van der Waals surface area contributed by atoms with E-state index in [2.05, 4.69) is 14.8 Å². The molecule has 0 radical (unpaired) electrons. The van der Waals surface area contributed by atoms with Crippen molar-refractivity contribution < 1.29 is 4.74 Å². The van der Waals surface area contributed by atoms with E-state index in [-0.39, 0.29) is 5.56 Å². The molecule has 6 nitrogen and oxygen atoms in total. The molecular weight excluding hydrogens is 384 g/mol. The summed E-state index contributed by atoms with van der Waals surface area (Å²) in [6.45, 7) is 6.34. The molecule has 1 aromatic carbocycles. The van der Waals surface area contributed by atoms with Gasteiger partial charge >= 0.3 is 0 Å². The van der Waals surface area contributed by atoms with Crippen LogP contribution in [0.3, 0.4) is 0 Å². The lowest BCUT2D eigenvalue weighted by molar-refractivity contribution is 0.111. The van der Waals surface area contributed by atoms with Gasteiger partial charge in [0.25, 0.3) is 5.56 Å². The number of H-pyrrole nitrogens is 1. The van der Waals surface area contributed by atoms with Gasteiger partial charge in [-0.1, -0.05) is 18.2 Å². The summed E-state index contributed by atoms with van der Waals surface area (Å²) in [6, 6.07) is 9.97. The van der Waals surface area contributed by atoms with Gasteiger partial charge < -0.3 is 9.72 Å². The van der Waals surface area contributed by atoms with Crippen molar-refractivity contribution in [3.05, 3.63) is 57.0 Å². The van der Waals surface area contributed by atoms with Gasteiger partial charge in [-0.2, -0.15) is 0 Å². The van der Waals surface area contributed by atoms with Crippen molar-refractivity contribution in [3.8, 4) is 5.75 Å². The van der Waals surface area contributed by atoms with E-state index in [1.165, 1.54) is 16.9 Å². The van der Waals surface area contributed by atoms with Gasteiger partial charge in [-0.15, -0.1) is 11.3 Å². The molecule has 5 rings (SSSR count). The lowest BCUT2D eigenvalue weighted by atomic mass is 10.2. The number of aromatic amines is 1. The Bertz CT molecular complexity index is 1040. The summed E-state index contributed by atoms with van der Waals surface area (Å²) in [6.07, 6.45) is 3.29. The molecular formula is C22H26N4O2S. The van der Waals surface area contributed by atoms with Crippen LogP contribution in [0.2, 0.25) is 0 Å². The Kier molecular flexibility index (Phi) is 5.35. The molecule has 2 aliphatic rings. The standard InChI is InChI=1S/C22H26N4O2S/c27-21-20-17-7-4-8-18(17)29-22(20)24-19(23-21)15-26-11-9-25(10-12-26)13-14-28-16-5-2-1-3-6-16/h1-3,5-6H,4,7-15H2,(H,23,24,27). The molecule has 3 heterocycles. The molecule has 1 aliphatic carbocycles. The molecule has 0 amide bonds. The van der Waals surface area contributed by atoms with E-state index in [4.69, 9.17) is 9.72 Å². The van der Waals surface area contributed by atoms with E-state index in [0.29, 0.717) is 13.2 Å². The molecule has 1 aliphatic heterocycles. The second-order valence-corrected chi connectivity index (χ2v) is 8.91. The van der Waals surface area contributed by atoms with Crippen LogP contribution in [0, 0.1) is 0 Å². The average Bonchev–Trinajstić information content (AvgIpc) is 3.31. The fraction of sp³-hybridized carbons (Fsp3) is 0.455. The number of nitrogens with one attached hydrogen (secondary N) is 1. The van der Waals surface area contributed by atoms with Crippen molar-refractivity contribution in [2.45, 2.75) is 25.8 Å². The molecule has 0 spiro atoms. The Morgan fingerprint density at radius 2 is 1.86 bits per heavy atom. The number of aromatic nitrogens is 2. The summed E-state index contributed by atoms with van der Waals surface area (Å²) in [4.78, 5) is 27.5. The predicted molar refractivity (Wildman–Crippen MR) is 116 cm³/mol. The lowest BCUT2D eigenvalue weighted by Gasteiger charge is -2.34. The van der Waals surface area contributed by atoms with Gasteiger partial charge in [0.1, 0.15) is 23.0 Å². The third kappa shape index (κ3) is 4.08. The molecule has 0 unspecified atom stereocenters. The summed E-state index contributed by atoms with van der Waals surface area (Å²) in [5, 5.41) is 0.842. The van der Waals surface area contributed by atoms with Crippen LogP contribution in [0.5, 0.6) is 5.75 Å². The number of thiophene rings is 1. The molecule has 2 aromatic heterocycles. The van der Waals surface area contributed by atoms with E-state index >= 15 is 0 Å². The van der Waals surface area contributed by atoms with Gasteiger partial charge in [0.05, 0.1) is 11.9 Å². The molecule has 3 aromatic rings. The largest absolute Gasteiger partial charge is 0.492 e. The molecule has 0 saturated carbocycles. The first-order valence-electron chi connectivity index (χ1n) is 10.4. The Labute approximate surface area is 174 Å². The minimum Gasteiger partial charge on any atom is -0.492 e. The molecule has 7 heteroatoms. The quantitative estimate of drug-likeness (QED) is 0.677. The zero-order valence-electron chi connectivity index (χ0n) is 16.5. The van der Waals surface area contributed by atoms with Crippen LogP contribution in [-0.2, 0) is 19.4 Å². The first-order chi connectivity index (χ1) is 14.3. The van der Waals surface area contributed by atoms with Crippen molar-refractivity contribution >= 4 is 21.6 Å². The summed E-state index contributed by atoms with van der Waals surface area (Å²) < 4.78 is 5.81. The highest BCUT2D eigenvalue weighted by molar-refractivity contribution is 7.18. The number of ether oxygens (including phenoxy) is 1. The van der Waals surface area contributed by atoms with Crippen LogP contribution in [-0.4, -0.2) is 59.1 Å². The van der Waals surface area contributed by atoms with E-state index in [9.17, 15) is 4.79 Å². The molecule has 1 fully saturated rings. The normalized spacial score (nSPS) is 17.7. The molecule has 29 heavy (non-hydrogen) atoms. The Morgan fingerprint density at radius 1 is 1.07 bits per heavy atom. The van der Waals surface area contributed by atoms with Gasteiger partial charge in [-0.25, -0.2) is 4.98 Å². The first kappa shape index (κ1) is 18.8. The molecule has 0 atom stereocenters. The van der Waals surface area contributed by atoms with Gasteiger partial charge in [0, 0.05) is 37.6 Å². The summed E-state index contributed by atoms with van der Waals surface area (Å²) in [5.41, 5.74) is 1.29. The highest BCUT2D eigenvalue weighted by Gasteiger charge is 2.22. The second-order valence-electron chi connectivity index (χ2n) is 7.83. The number of benzene rings is 1. The fourth-order valence-electron chi connectivity index (χ4n) is 4.31. The average molecular weight is 411 g/mol. The number of hydrogen-bond acceptors (Lipinski definition) is 6. The van der Waals surface area contributed by atoms with E-state index in [1.54, 1.807) is 11.3 Å². The topological polar surface area (TPSA) is 61.5 Å². The highest BCUT2D eigenvalue weighted by atomic mass is 32.1. The van der Waals surface area contributed by atoms with Gasteiger partial charge in [0.15, 0.2) is 0 Å². The number of hydrogen-bond donors (Lipinski definition) is 1. The number of aryl methyl sites for hydroxylation is 2. The van der Waals surface area contributed by atoms with E-state index in [1.807, 2.05) is 30.3 Å². The Morgan fingerprint density at radius 3 is 2.69 bits per heavy atom. The summed E-state index contributed by atoms with van der Waals surface area (Å²) in [7, 11) is 0. The maximum Gasteiger partial charge on any atom is 0.259 e. The summed E-state index contributed by atoms with van der Waals surface area (Å²) >= 11 is 1.71. The maximum atomic E-state index is 12.6. The van der Waals surface area contributed by atoms with Crippen LogP contribution in [0.15, 0.2) is 35.1 Å².